The van der Waals surface area contributed by atoms with E-state index in [1.165, 1.54) is 12.1 Å². The zero-order valence-corrected chi connectivity index (χ0v) is 17.8. The van der Waals surface area contributed by atoms with Gasteiger partial charge in [0.25, 0.3) is 5.69 Å². The highest BCUT2D eigenvalue weighted by Gasteiger charge is 2.17. The summed E-state index contributed by atoms with van der Waals surface area (Å²) in [5.74, 6) is 1.76. The fourth-order valence-corrected chi connectivity index (χ4v) is 3.03. The summed E-state index contributed by atoms with van der Waals surface area (Å²) in [4.78, 5) is 25.7. The molecule has 170 valence electrons. The molecule has 0 amide bonds. The van der Waals surface area contributed by atoms with Gasteiger partial charge in [-0.1, -0.05) is 0 Å². The van der Waals surface area contributed by atoms with E-state index in [1.54, 1.807) is 25.5 Å². The van der Waals surface area contributed by atoms with Gasteiger partial charge in [-0.3, -0.25) is 10.1 Å². The number of rotatable bonds is 8. The number of nitro benzene ring substituents is 1. The third-order valence-corrected chi connectivity index (χ3v) is 4.75. The molecule has 0 unspecified atom stereocenters. The third kappa shape index (κ3) is 5.89. The number of morpholine rings is 1. The SMILES string of the molecule is COc1ccc(C=NNc2nc(Nc3ccc([N+](=O)[O-])cc3)nc(N3CCOCC3)n2)cc1. The Morgan fingerprint density at radius 2 is 1.76 bits per heavy atom. The average molecular weight is 450 g/mol. The Hall–Kier alpha value is -4.32. The van der Waals surface area contributed by atoms with Gasteiger partial charge < -0.3 is 19.7 Å². The van der Waals surface area contributed by atoms with Crippen LogP contribution in [0.3, 0.4) is 0 Å². The molecular formula is C21H22N8O4. The van der Waals surface area contributed by atoms with Gasteiger partial charge in [-0.25, -0.2) is 5.43 Å². The van der Waals surface area contributed by atoms with Crippen LogP contribution in [0.2, 0.25) is 0 Å². The van der Waals surface area contributed by atoms with Crippen molar-refractivity contribution in [2.75, 3.05) is 49.1 Å². The summed E-state index contributed by atoms with van der Waals surface area (Å²) in [5.41, 5.74) is 4.32. The van der Waals surface area contributed by atoms with Crippen molar-refractivity contribution in [1.82, 2.24) is 15.0 Å². The Morgan fingerprint density at radius 3 is 2.42 bits per heavy atom. The van der Waals surface area contributed by atoms with Crippen molar-refractivity contribution < 1.29 is 14.4 Å². The minimum atomic E-state index is -0.452. The first-order valence-corrected chi connectivity index (χ1v) is 10.1. The fourth-order valence-electron chi connectivity index (χ4n) is 3.03. The van der Waals surface area contributed by atoms with E-state index >= 15 is 0 Å². The molecule has 33 heavy (non-hydrogen) atoms. The number of nitrogens with zero attached hydrogens (tertiary/aromatic N) is 6. The molecule has 0 aliphatic carbocycles. The number of nitro groups is 1. The monoisotopic (exact) mass is 450 g/mol. The van der Waals surface area contributed by atoms with E-state index in [1.807, 2.05) is 29.2 Å². The first kappa shape index (κ1) is 21.9. The van der Waals surface area contributed by atoms with Crippen LogP contribution >= 0.6 is 0 Å². The number of ether oxygens (including phenoxy) is 2. The van der Waals surface area contributed by atoms with Crippen molar-refractivity contribution in [3.05, 3.63) is 64.2 Å². The van der Waals surface area contributed by atoms with Crippen LogP contribution in [0.4, 0.5) is 29.2 Å². The Balaban J connectivity index is 1.54. The fraction of sp³-hybridized carbons (Fsp3) is 0.238. The first-order valence-electron chi connectivity index (χ1n) is 10.1. The first-order chi connectivity index (χ1) is 16.1. The Bertz CT molecular complexity index is 1120. The number of hydrogen-bond acceptors (Lipinski definition) is 11. The lowest BCUT2D eigenvalue weighted by Gasteiger charge is -2.27. The molecule has 1 aromatic heterocycles. The Kier molecular flexibility index (Phi) is 6.85. The Morgan fingerprint density at radius 1 is 1.06 bits per heavy atom. The number of benzene rings is 2. The lowest BCUT2D eigenvalue weighted by molar-refractivity contribution is -0.384. The van der Waals surface area contributed by atoms with Crippen LogP contribution in [-0.4, -0.2) is 59.5 Å². The van der Waals surface area contributed by atoms with Crippen molar-refractivity contribution in [3.8, 4) is 5.75 Å². The minimum Gasteiger partial charge on any atom is -0.497 e. The van der Waals surface area contributed by atoms with Gasteiger partial charge >= 0.3 is 0 Å². The molecule has 0 bridgehead atoms. The zero-order chi connectivity index (χ0) is 23.0. The predicted molar refractivity (Wildman–Crippen MR) is 123 cm³/mol. The summed E-state index contributed by atoms with van der Waals surface area (Å²) in [7, 11) is 1.61. The summed E-state index contributed by atoms with van der Waals surface area (Å²) in [5, 5.41) is 18.2. The van der Waals surface area contributed by atoms with Crippen molar-refractivity contribution in [2.24, 2.45) is 5.10 Å². The molecule has 1 fully saturated rings. The maximum atomic E-state index is 10.9. The molecule has 1 aliphatic heterocycles. The van der Waals surface area contributed by atoms with E-state index in [0.29, 0.717) is 37.9 Å². The van der Waals surface area contributed by atoms with E-state index in [-0.39, 0.29) is 17.6 Å². The molecule has 4 rings (SSSR count). The molecule has 12 nitrogen and oxygen atoms in total. The van der Waals surface area contributed by atoms with Gasteiger partial charge in [-0.05, 0) is 42.0 Å². The predicted octanol–water partition coefficient (Wildman–Crippen LogP) is 2.81. The number of nitrogens with one attached hydrogen (secondary N) is 2. The van der Waals surface area contributed by atoms with Crippen molar-refractivity contribution >= 4 is 35.4 Å². The Labute approximate surface area is 189 Å². The quantitative estimate of drug-likeness (QED) is 0.299. The van der Waals surface area contributed by atoms with E-state index in [0.717, 1.165) is 11.3 Å². The van der Waals surface area contributed by atoms with Crippen LogP contribution in [0.1, 0.15) is 5.56 Å². The molecule has 12 heteroatoms. The van der Waals surface area contributed by atoms with Crippen molar-refractivity contribution in [3.63, 3.8) is 0 Å². The lowest BCUT2D eigenvalue weighted by Crippen LogP contribution is -2.37. The minimum absolute atomic E-state index is 0.000396. The molecule has 1 aliphatic rings. The molecule has 0 saturated carbocycles. The number of hydrogen-bond donors (Lipinski definition) is 2. The summed E-state index contributed by atoms with van der Waals surface area (Å²) >= 11 is 0. The van der Waals surface area contributed by atoms with Gasteiger partial charge in [0.05, 0.1) is 31.5 Å². The normalized spacial score (nSPS) is 13.7. The van der Waals surface area contributed by atoms with Crippen LogP contribution in [0.25, 0.3) is 0 Å². The standard InChI is InChI=1S/C21H22N8O4/c1-32-18-8-2-15(3-9-18)14-22-27-20-24-19(23-16-4-6-17(7-5-16)29(30)31)25-21(26-20)28-10-12-33-13-11-28/h2-9,14H,10-13H2,1H3,(H2,23,24,25,26,27). The molecule has 2 heterocycles. The van der Waals surface area contributed by atoms with Gasteiger partial charge in [-0.15, -0.1) is 0 Å². The number of non-ortho nitro benzene ring substituents is 1. The molecule has 3 aromatic rings. The highest BCUT2D eigenvalue weighted by molar-refractivity contribution is 5.80. The van der Waals surface area contributed by atoms with Crippen molar-refractivity contribution in [2.45, 2.75) is 0 Å². The molecule has 2 aromatic carbocycles. The number of anilines is 4. The highest BCUT2D eigenvalue weighted by atomic mass is 16.6. The van der Waals surface area contributed by atoms with Gasteiger partial charge in [0.1, 0.15) is 5.75 Å². The van der Waals surface area contributed by atoms with Crippen LogP contribution < -0.4 is 20.4 Å². The number of aromatic nitrogens is 3. The van der Waals surface area contributed by atoms with Crippen molar-refractivity contribution in [1.29, 1.82) is 0 Å². The molecule has 0 spiro atoms. The maximum absolute atomic E-state index is 10.9. The second-order valence-electron chi connectivity index (χ2n) is 6.95. The van der Waals surface area contributed by atoms with Gasteiger partial charge in [0.2, 0.25) is 17.8 Å². The molecule has 1 saturated heterocycles. The summed E-state index contributed by atoms with van der Waals surface area (Å²) in [6, 6.07) is 13.4. The van der Waals surface area contributed by atoms with E-state index in [2.05, 4.69) is 30.8 Å². The van der Waals surface area contributed by atoms with Gasteiger partial charge in [0.15, 0.2) is 0 Å². The van der Waals surface area contributed by atoms with Crippen LogP contribution in [0.5, 0.6) is 5.75 Å². The molecular weight excluding hydrogens is 428 g/mol. The summed E-state index contributed by atoms with van der Waals surface area (Å²) in [6.45, 7) is 2.45. The van der Waals surface area contributed by atoms with E-state index in [4.69, 9.17) is 9.47 Å². The van der Waals surface area contributed by atoms with E-state index in [9.17, 15) is 10.1 Å². The maximum Gasteiger partial charge on any atom is 0.269 e. The number of methoxy groups -OCH3 is 1. The second kappa shape index (κ2) is 10.3. The highest BCUT2D eigenvalue weighted by Crippen LogP contribution is 2.21. The van der Waals surface area contributed by atoms with Gasteiger partial charge in [-0.2, -0.15) is 20.1 Å². The topological polar surface area (TPSA) is 140 Å². The van der Waals surface area contributed by atoms with Gasteiger partial charge in [0, 0.05) is 30.9 Å². The number of hydrazone groups is 1. The largest absolute Gasteiger partial charge is 0.497 e. The third-order valence-electron chi connectivity index (χ3n) is 4.75. The van der Waals surface area contributed by atoms with Crippen LogP contribution in [0, 0.1) is 10.1 Å². The second-order valence-corrected chi connectivity index (χ2v) is 6.95. The zero-order valence-electron chi connectivity index (χ0n) is 17.8. The van der Waals surface area contributed by atoms with E-state index < -0.39 is 4.92 Å². The molecule has 2 N–H and O–H groups in total. The summed E-state index contributed by atoms with van der Waals surface area (Å²) < 4.78 is 10.6. The summed E-state index contributed by atoms with van der Waals surface area (Å²) in [6.07, 6.45) is 1.64. The van der Waals surface area contributed by atoms with Crippen LogP contribution in [0.15, 0.2) is 53.6 Å². The average Bonchev–Trinajstić information content (AvgIpc) is 2.85. The van der Waals surface area contributed by atoms with Crippen LogP contribution in [-0.2, 0) is 4.74 Å². The molecule has 0 radical (unpaired) electrons. The lowest BCUT2D eigenvalue weighted by atomic mass is 10.2. The smallest absolute Gasteiger partial charge is 0.269 e. The molecule has 0 atom stereocenters.